The fourth-order valence-electron chi connectivity index (χ4n) is 2.31. The van der Waals surface area contributed by atoms with Crippen LogP contribution in [0.4, 0.5) is 11.5 Å². The van der Waals surface area contributed by atoms with Crippen molar-refractivity contribution in [3.8, 4) is 0 Å². The van der Waals surface area contributed by atoms with Crippen LogP contribution in [0, 0.1) is 17.0 Å². The molecule has 0 aliphatic heterocycles. The minimum absolute atomic E-state index is 0.0239. The van der Waals surface area contributed by atoms with Crippen LogP contribution in [0.15, 0.2) is 30.5 Å². The molecule has 0 spiro atoms. The van der Waals surface area contributed by atoms with E-state index >= 15 is 0 Å². The lowest BCUT2D eigenvalue weighted by Crippen LogP contribution is -2.15. The number of nitro groups is 1. The zero-order valence-electron chi connectivity index (χ0n) is 13.6. The predicted molar refractivity (Wildman–Crippen MR) is 89.3 cm³/mol. The zero-order valence-corrected chi connectivity index (χ0v) is 13.6. The molecule has 9 heteroatoms. The Labute approximate surface area is 143 Å². The molecule has 2 aromatic rings. The van der Waals surface area contributed by atoms with Gasteiger partial charge in [-0.3, -0.25) is 9.59 Å². The second kappa shape index (κ2) is 8.04. The summed E-state index contributed by atoms with van der Waals surface area (Å²) in [5, 5.41) is 22.1. The van der Waals surface area contributed by atoms with Crippen molar-refractivity contribution in [2.24, 2.45) is 0 Å². The lowest BCUT2D eigenvalue weighted by atomic mass is 10.1. The minimum atomic E-state index is -0.876. The third kappa shape index (κ3) is 5.41. The number of aliphatic carboxylic acids is 1. The van der Waals surface area contributed by atoms with Crippen molar-refractivity contribution in [1.29, 1.82) is 0 Å². The van der Waals surface area contributed by atoms with Gasteiger partial charge in [0.2, 0.25) is 11.7 Å². The molecule has 0 atom stereocenters. The first kappa shape index (κ1) is 18.1. The number of rotatable bonds is 8. The summed E-state index contributed by atoms with van der Waals surface area (Å²) < 4.78 is 1.56. The first-order valence-electron chi connectivity index (χ1n) is 7.64. The molecule has 9 nitrogen and oxygen atoms in total. The van der Waals surface area contributed by atoms with E-state index in [4.69, 9.17) is 5.11 Å². The maximum Gasteiger partial charge on any atom is 0.381 e. The van der Waals surface area contributed by atoms with E-state index in [0.29, 0.717) is 17.9 Å². The number of imidazole rings is 1. The number of aryl methyl sites for hydroxylation is 3. The number of benzene rings is 1. The molecule has 0 bridgehead atoms. The van der Waals surface area contributed by atoms with Crippen LogP contribution >= 0.6 is 0 Å². The Kier molecular flexibility index (Phi) is 5.83. The van der Waals surface area contributed by atoms with Gasteiger partial charge in [0.05, 0.1) is 0 Å². The van der Waals surface area contributed by atoms with Crippen molar-refractivity contribution in [2.75, 3.05) is 5.32 Å². The molecular weight excluding hydrogens is 328 g/mol. The highest BCUT2D eigenvalue weighted by Gasteiger charge is 2.15. The average molecular weight is 346 g/mol. The van der Waals surface area contributed by atoms with E-state index in [9.17, 15) is 19.7 Å². The molecule has 0 aliphatic carbocycles. The van der Waals surface area contributed by atoms with Crippen LogP contribution < -0.4 is 5.32 Å². The predicted octanol–water partition coefficient (Wildman–Crippen LogP) is 2.15. The van der Waals surface area contributed by atoms with Gasteiger partial charge in [0.1, 0.15) is 6.20 Å². The molecule has 0 radical (unpaired) electrons. The normalized spacial score (nSPS) is 10.4. The number of carbonyl (C=O) groups is 2. The molecule has 2 N–H and O–H groups in total. The van der Waals surface area contributed by atoms with E-state index in [0.717, 1.165) is 5.56 Å². The molecule has 1 heterocycles. The van der Waals surface area contributed by atoms with Crippen molar-refractivity contribution >= 4 is 23.4 Å². The number of carbonyl (C=O) groups excluding carboxylic acids is 1. The monoisotopic (exact) mass is 346 g/mol. The van der Waals surface area contributed by atoms with Crippen LogP contribution in [0.5, 0.6) is 0 Å². The summed E-state index contributed by atoms with van der Waals surface area (Å²) in [5.41, 5.74) is 1.41. The largest absolute Gasteiger partial charge is 0.481 e. The zero-order chi connectivity index (χ0) is 18.4. The van der Waals surface area contributed by atoms with Crippen molar-refractivity contribution in [3.05, 3.63) is 52.0 Å². The third-order valence-electron chi connectivity index (χ3n) is 3.57. The molecule has 1 amide bonds. The molecule has 132 valence electrons. The van der Waals surface area contributed by atoms with Gasteiger partial charge in [0.15, 0.2) is 0 Å². The second-order valence-electron chi connectivity index (χ2n) is 5.49. The quantitative estimate of drug-likeness (QED) is 0.557. The summed E-state index contributed by atoms with van der Waals surface area (Å²) in [6.07, 6.45) is 1.84. The van der Waals surface area contributed by atoms with Crippen LogP contribution in [0.1, 0.15) is 24.2 Å². The van der Waals surface area contributed by atoms with E-state index < -0.39 is 10.9 Å². The number of anilines is 1. The Hall–Kier alpha value is -3.23. The molecule has 0 aliphatic rings. The van der Waals surface area contributed by atoms with Crippen molar-refractivity contribution in [2.45, 2.75) is 32.7 Å². The Morgan fingerprint density at radius 2 is 2.12 bits per heavy atom. The highest BCUT2D eigenvalue weighted by atomic mass is 16.6. The Morgan fingerprint density at radius 1 is 1.36 bits per heavy atom. The molecule has 1 aromatic heterocycles. The third-order valence-corrected chi connectivity index (χ3v) is 3.57. The highest BCUT2D eigenvalue weighted by molar-refractivity contribution is 5.90. The van der Waals surface area contributed by atoms with Crippen molar-refractivity contribution in [3.63, 3.8) is 0 Å². The summed E-state index contributed by atoms with van der Waals surface area (Å²) >= 11 is 0. The number of nitrogens with one attached hydrogen (secondary N) is 1. The van der Waals surface area contributed by atoms with Crippen LogP contribution in [-0.4, -0.2) is 31.5 Å². The first-order chi connectivity index (χ1) is 11.8. The number of amides is 1. The second-order valence-corrected chi connectivity index (χ2v) is 5.49. The molecule has 1 aromatic carbocycles. The van der Waals surface area contributed by atoms with Gasteiger partial charge in [-0.2, -0.15) is 0 Å². The number of hydrogen-bond acceptors (Lipinski definition) is 5. The van der Waals surface area contributed by atoms with Gasteiger partial charge in [0.25, 0.3) is 0 Å². The fourth-order valence-corrected chi connectivity index (χ4v) is 2.31. The van der Waals surface area contributed by atoms with Gasteiger partial charge in [-0.1, -0.05) is 12.1 Å². The first-order valence-corrected chi connectivity index (χ1v) is 7.64. The van der Waals surface area contributed by atoms with Gasteiger partial charge in [-0.15, -0.1) is 0 Å². The number of aromatic nitrogens is 2. The minimum Gasteiger partial charge on any atom is -0.481 e. The van der Waals surface area contributed by atoms with Gasteiger partial charge >= 0.3 is 11.8 Å². The van der Waals surface area contributed by atoms with E-state index in [-0.39, 0.29) is 31.1 Å². The van der Waals surface area contributed by atoms with Crippen LogP contribution in [0.25, 0.3) is 0 Å². The number of carboxylic acids is 1. The summed E-state index contributed by atoms with van der Waals surface area (Å²) in [4.78, 5) is 36.6. The Bertz CT molecular complexity index is 800. The lowest BCUT2D eigenvalue weighted by Gasteiger charge is -2.07. The van der Waals surface area contributed by atoms with Crippen LogP contribution in [0.2, 0.25) is 0 Å². The maximum atomic E-state index is 12.0. The summed E-state index contributed by atoms with van der Waals surface area (Å²) in [5.74, 6) is -0.899. The fraction of sp³-hybridized carbons (Fsp3) is 0.312. The van der Waals surface area contributed by atoms with Gasteiger partial charge in [0, 0.05) is 32.0 Å². The van der Waals surface area contributed by atoms with Crippen molar-refractivity contribution < 1.29 is 19.6 Å². The molecule has 0 saturated carbocycles. The summed E-state index contributed by atoms with van der Waals surface area (Å²) in [6.45, 7) is 1.91. The molecule has 0 fully saturated rings. The molecule has 2 rings (SSSR count). The molecule has 25 heavy (non-hydrogen) atoms. The SMILES string of the molecule is Cc1nc([N+](=O)[O-])cn1CCC(=O)Nc1cccc(CCC(=O)O)c1. The maximum absolute atomic E-state index is 12.0. The van der Waals surface area contributed by atoms with Gasteiger partial charge in [-0.05, 0) is 34.0 Å². The van der Waals surface area contributed by atoms with E-state index in [1.165, 1.54) is 6.20 Å². The Balaban J connectivity index is 1.91. The molecule has 0 unspecified atom stereocenters. The molecular formula is C16H18N4O5. The van der Waals surface area contributed by atoms with Gasteiger partial charge in [-0.25, -0.2) is 0 Å². The number of hydrogen-bond donors (Lipinski definition) is 2. The van der Waals surface area contributed by atoms with E-state index in [1.807, 2.05) is 0 Å². The van der Waals surface area contributed by atoms with Crippen LogP contribution in [0.3, 0.4) is 0 Å². The topological polar surface area (TPSA) is 127 Å². The van der Waals surface area contributed by atoms with Gasteiger partial charge < -0.3 is 25.1 Å². The summed E-state index contributed by atoms with van der Waals surface area (Å²) in [7, 11) is 0. The highest BCUT2D eigenvalue weighted by Crippen LogP contribution is 2.14. The number of nitrogens with zero attached hydrogens (tertiary/aromatic N) is 3. The number of carboxylic acid groups (broad SMARTS) is 1. The standard InChI is InChI=1S/C16H18N4O5/c1-11-17-14(20(24)25)10-19(11)8-7-15(21)18-13-4-2-3-12(9-13)5-6-16(22)23/h2-4,9-10H,5-8H2,1H3,(H,18,21)(H,22,23). The summed E-state index contributed by atoms with van der Waals surface area (Å²) in [6, 6.07) is 6.99. The van der Waals surface area contributed by atoms with Crippen LogP contribution in [-0.2, 0) is 22.6 Å². The smallest absolute Gasteiger partial charge is 0.381 e. The van der Waals surface area contributed by atoms with E-state index in [1.54, 1.807) is 35.8 Å². The average Bonchev–Trinajstić information content (AvgIpc) is 2.93. The van der Waals surface area contributed by atoms with Crippen molar-refractivity contribution in [1.82, 2.24) is 9.55 Å². The molecule has 0 saturated heterocycles. The lowest BCUT2D eigenvalue weighted by molar-refractivity contribution is -0.389. The van der Waals surface area contributed by atoms with E-state index in [2.05, 4.69) is 10.3 Å². The Morgan fingerprint density at radius 3 is 2.76 bits per heavy atom.